The minimum absolute atomic E-state index is 0.0372. The first kappa shape index (κ1) is 9.53. The van der Waals surface area contributed by atoms with Crippen molar-refractivity contribution in [3.05, 3.63) is 42.2 Å². The van der Waals surface area contributed by atoms with Gasteiger partial charge in [0.25, 0.3) is 0 Å². The SMILES string of the molecule is O=C1CC(=O)n2cc3nc4ccccc4c-3cc21. The zero-order chi connectivity index (χ0) is 12.3. The lowest BCUT2D eigenvalue weighted by Gasteiger charge is -2.04. The molecule has 0 aliphatic carbocycles. The Morgan fingerprint density at radius 1 is 1.17 bits per heavy atom. The molecule has 0 radical (unpaired) electrons. The van der Waals surface area contributed by atoms with E-state index in [1.54, 1.807) is 12.3 Å². The Hall–Kier alpha value is -2.49. The summed E-state index contributed by atoms with van der Waals surface area (Å²) in [5.74, 6) is -0.295. The maximum absolute atomic E-state index is 11.7. The van der Waals surface area contributed by atoms with Crippen LogP contribution >= 0.6 is 0 Å². The van der Waals surface area contributed by atoms with Gasteiger partial charge in [0.05, 0.1) is 23.3 Å². The van der Waals surface area contributed by atoms with Crippen LogP contribution in [0.2, 0.25) is 0 Å². The van der Waals surface area contributed by atoms with Gasteiger partial charge in [0.1, 0.15) is 0 Å². The fourth-order valence-corrected chi connectivity index (χ4v) is 2.51. The second kappa shape index (κ2) is 3.04. The molecule has 86 valence electrons. The topological polar surface area (TPSA) is 52.0 Å². The maximum Gasteiger partial charge on any atom is 0.239 e. The Bertz CT molecular complexity index is 801. The van der Waals surface area contributed by atoms with Crippen molar-refractivity contribution in [1.82, 2.24) is 9.55 Å². The highest BCUT2D eigenvalue weighted by molar-refractivity contribution is 6.15. The molecule has 0 N–H and O–H groups in total. The van der Waals surface area contributed by atoms with Crippen LogP contribution in [0.5, 0.6) is 0 Å². The first-order valence-corrected chi connectivity index (χ1v) is 5.71. The van der Waals surface area contributed by atoms with Gasteiger partial charge in [-0.25, -0.2) is 4.98 Å². The Morgan fingerprint density at radius 3 is 2.89 bits per heavy atom. The van der Waals surface area contributed by atoms with E-state index in [9.17, 15) is 9.59 Å². The van der Waals surface area contributed by atoms with Gasteiger partial charge < -0.3 is 0 Å². The van der Waals surface area contributed by atoms with Gasteiger partial charge in [-0.1, -0.05) is 18.2 Å². The summed E-state index contributed by atoms with van der Waals surface area (Å²) in [5, 5.41) is 1.02. The lowest BCUT2D eigenvalue weighted by molar-refractivity contribution is 0.0890. The van der Waals surface area contributed by atoms with Gasteiger partial charge in [-0.15, -0.1) is 0 Å². The van der Waals surface area contributed by atoms with E-state index in [2.05, 4.69) is 4.98 Å². The number of hydrogen-bond acceptors (Lipinski definition) is 3. The van der Waals surface area contributed by atoms with E-state index < -0.39 is 0 Å². The van der Waals surface area contributed by atoms with Crippen LogP contribution in [0.25, 0.3) is 22.2 Å². The Labute approximate surface area is 102 Å². The van der Waals surface area contributed by atoms with Crippen LogP contribution in [-0.4, -0.2) is 21.2 Å². The minimum atomic E-state index is -0.177. The van der Waals surface area contributed by atoms with Crippen molar-refractivity contribution in [3.63, 3.8) is 0 Å². The quantitative estimate of drug-likeness (QED) is 0.563. The molecule has 3 aliphatic rings. The molecule has 3 heterocycles. The van der Waals surface area contributed by atoms with Crippen LogP contribution in [0.1, 0.15) is 21.7 Å². The summed E-state index contributed by atoms with van der Waals surface area (Å²) < 4.78 is 1.41. The van der Waals surface area contributed by atoms with Gasteiger partial charge in [-0.3, -0.25) is 14.2 Å². The first-order valence-electron chi connectivity index (χ1n) is 5.71. The molecule has 1 aromatic rings. The largest absolute Gasteiger partial charge is 0.292 e. The third-order valence-electron chi connectivity index (χ3n) is 3.37. The number of hydrogen-bond donors (Lipinski definition) is 0. The summed E-state index contributed by atoms with van der Waals surface area (Å²) >= 11 is 0. The summed E-state index contributed by atoms with van der Waals surface area (Å²) in [6.07, 6.45) is 1.63. The average molecular weight is 236 g/mol. The molecule has 4 nitrogen and oxygen atoms in total. The van der Waals surface area contributed by atoms with E-state index >= 15 is 0 Å². The molecule has 1 aromatic carbocycles. The first-order chi connectivity index (χ1) is 8.74. The summed E-state index contributed by atoms with van der Waals surface area (Å²) in [4.78, 5) is 27.8. The van der Waals surface area contributed by atoms with E-state index in [0.29, 0.717) is 5.69 Å². The molecule has 0 amide bonds. The fourth-order valence-electron chi connectivity index (χ4n) is 2.51. The molecule has 3 aliphatic heterocycles. The predicted molar refractivity (Wildman–Crippen MR) is 65.9 cm³/mol. The number of fused-ring (bicyclic) bond motifs is 4. The van der Waals surface area contributed by atoms with Crippen LogP contribution in [-0.2, 0) is 0 Å². The molecular weight excluding hydrogens is 228 g/mol. The molecule has 0 spiro atoms. The van der Waals surface area contributed by atoms with E-state index in [0.717, 1.165) is 22.2 Å². The van der Waals surface area contributed by atoms with Crippen molar-refractivity contribution in [3.8, 4) is 11.3 Å². The number of para-hydroxylation sites is 1. The summed E-state index contributed by atoms with van der Waals surface area (Å²) in [6, 6.07) is 9.54. The average Bonchev–Trinajstić information content (AvgIpc) is 2.86. The number of ketones is 1. The van der Waals surface area contributed by atoms with Crippen LogP contribution in [0, 0.1) is 0 Å². The normalized spacial score (nSPS) is 14.7. The summed E-state index contributed by atoms with van der Waals surface area (Å²) in [7, 11) is 0. The number of Topliss-reactive ketones (excluding diaryl/α,β-unsaturated/α-hetero) is 1. The van der Waals surface area contributed by atoms with Crippen LogP contribution in [0.3, 0.4) is 0 Å². The molecule has 4 rings (SSSR count). The standard InChI is InChI=1S/C14H8N2O2/c17-13-6-14(18)16-7-11-9(5-12(13)16)8-3-1-2-4-10(8)15-11/h1-5,7H,6H2. The molecule has 0 atom stereocenters. The molecule has 0 saturated carbocycles. The van der Waals surface area contributed by atoms with E-state index in [1.165, 1.54) is 4.57 Å². The van der Waals surface area contributed by atoms with E-state index in [-0.39, 0.29) is 18.1 Å². The van der Waals surface area contributed by atoms with Crippen molar-refractivity contribution in [2.75, 3.05) is 0 Å². The molecule has 0 bridgehead atoms. The predicted octanol–water partition coefficient (Wildman–Crippen LogP) is 2.37. The minimum Gasteiger partial charge on any atom is -0.292 e. The zero-order valence-electron chi connectivity index (χ0n) is 9.38. The summed E-state index contributed by atoms with van der Waals surface area (Å²) in [5.41, 5.74) is 3.03. The lowest BCUT2D eigenvalue weighted by Crippen LogP contribution is -2.05. The number of rotatable bonds is 0. The van der Waals surface area contributed by atoms with Crippen LogP contribution in [0.4, 0.5) is 0 Å². The highest BCUT2D eigenvalue weighted by Gasteiger charge is 2.28. The van der Waals surface area contributed by atoms with Crippen molar-refractivity contribution in [2.45, 2.75) is 6.42 Å². The maximum atomic E-state index is 11.7. The van der Waals surface area contributed by atoms with Gasteiger partial charge in [0, 0.05) is 17.1 Å². The van der Waals surface area contributed by atoms with Crippen molar-refractivity contribution in [1.29, 1.82) is 0 Å². The number of aromatic nitrogens is 2. The monoisotopic (exact) mass is 236 g/mol. The molecule has 4 heteroatoms. The second-order valence-corrected chi connectivity index (χ2v) is 4.45. The Morgan fingerprint density at radius 2 is 2.00 bits per heavy atom. The molecular formula is C14H8N2O2. The van der Waals surface area contributed by atoms with Gasteiger partial charge in [0.2, 0.25) is 5.91 Å². The fraction of sp³-hybridized carbons (Fsp3) is 0.0714. The Balaban J connectivity index is 2.16. The van der Waals surface area contributed by atoms with Crippen LogP contribution in [0.15, 0.2) is 36.5 Å². The number of carbonyl (C=O) groups excluding carboxylic acids is 2. The number of carbonyl (C=O) groups is 2. The van der Waals surface area contributed by atoms with Crippen molar-refractivity contribution < 1.29 is 9.59 Å². The van der Waals surface area contributed by atoms with Gasteiger partial charge in [-0.05, 0) is 12.1 Å². The molecule has 0 saturated heterocycles. The molecule has 0 aromatic heterocycles. The van der Waals surface area contributed by atoms with Crippen molar-refractivity contribution in [2.24, 2.45) is 0 Å². The van der Waals surface area contributed by atoms with E-state index in [1.807, 2.05) is 24.3 Å². The molecule has 0 unspecified atom stereocenters. The third-order valence-corrected chi connectivity index (χ3v) is 3.37. The number of benzene rings is 1. The second-order valence-electron chi connectivity index (χ2n) is 4.45. The summed E-state index contributed by atoms with van der Waals surface area (Å²) in [6.45, 7) is 0. The smallest absolute Gasteiger partial charge is 0.239 e. The van der Waals surface area contributed by atoms with Gasteiger partial charge >= 0.3 is 0 Å². The van der Waals surface area contributed by atoms with Gasteiger partial charge in [0.15, 0.2) is 5.78 Å². The molecule has 0 fully saturated rings. The highest BCUT2D eigenvalue weighted by atomic mass is 16.2. The number of pyridine rings is 1. The molecule has 18 heavy (non-hydrogen) atoms. The third kappa shape index (κ3) is 1.07. The van der Waals surface area contributed by atoms with E-state index in [4.69, 9.17) is 0 Å². The zero-order valence-corrected chi connectivity index (χ0v) is 9.38. The Kier molecular flexibility index (Phi) is 1.61. The van der Waals surface area contributed by atoms with Gasteiger partial charge in [-0.2, -0.15) is 0 Å². The van der Waals surface area contributed by atoms with Crippen LogP contribution < -0.4 is 0 Å². The van der Waals surface area contributed by atoms with Crippen molar-refractivity contribution >= 4 is 22.6 Å². The highest BCUT2D eigenvalue weighted by Crippen LogP contribution is 2.33. The number of nitrogens with zero attached hydrogens (tertiary/aromatic N) is 2. The lowest BCUT2D eigenvalue weighted by atomic mass is 10.1.